The second-order valence-corrected chi connectivity index (χ2v) is 5.08. The zero-order valence-corrected chi connectivity index (χ0v) is 10.8. The van der Waals surface area contributed by atoms with Crippen molar-refractivity contribution in [3.63, 3.8) is 0 Å². The summed E-state index contributed by atoms with van der Waals surface area (Å²) in [7, 11) is 0. The molecule has 0 bridgehead atoms. The lowest BCUT2D eigenvalue weighted by Crippen LogP contribution is -2.47. The van der Waals surface area contributed by atoms with Gasteiger partial charge in [-0.2, -0.15) is 0 Å². The maximum Gasteiger partial charge on any atom is 0.234 e. The van der Waals surface area contributed by atoms with Crippen LogP contribution in [0.25, 0.3) is 5.65 Å². The molecule has 0 aliphatic carbocycles. The molecule has 1 atom stereocenters. The third-order valence-electron chi connectivity index (χ3n) is 3.72. The van der Waals surface area contributed by atoms with Crippen molar-refractivity contribution in [2.45, 2.75) is 31.8 Å². The van der Waals surface area contributed by atoms with Crippen LogP contribution in [-0.4, -0.2) is 32.8 Å². The Balaban J connectivity index is 1.80. The summed E-state index contributed by atoms with van der Waals surface area (Å²) in [4.78, 5) is 18.2. The van der Waals surface area contributed by atoms with Gasteiger partial charge in [0.2, 0.25) is 5.91 Å². The van der Waals surface area contributed by atoms with E-state index in [0.717, 1.165) is 37.1 Å². The van der Waals surface area contributed by atoms with Crippen LogP contribution in [-0.2, 0) is 11.3 Å². The molecular formula is C14H18N4O. The number of hydrogen-bond donors (Lipinski definition) is 1. The van der Waals surface area contributed by atoms with Crippen LogP contribution in [0.15, 0.2) is 30.6 Å². The van der Waals surface area contributed by atoms with E-state index in [2.05, 4.69) is 9.88 Å². The van der Waals surface area contributed by atoms with Crippen LogP contribution in [0, 0.1) is 0 Å². The lowest BCUT2D eigenvalue weighted by atomic mass is 10.0. The van der Waals surface area contributed by atoms with Crippen LogP contribution < -0.4 is 5.73 Å². The average molecular weight is 258 g/mol. The third-order valence-corrected chi connectivity index (χ3v) is 3.72. The van der Waals surface area contributed by atoms with Gasteiger partial charge in [-0.3, -0.25) is 9.69 Å². The third kappa shape index (κ3) is 2.46. The predicted octanol–water partition coefficient (Wildman–Crippen LogP) is 1.17. The zero-order chi connectivity index (χ0) is 13.2. The van der Waals surface area contributed by atoms with Crippen molar-refractivity contribution in [3.05, 3.63) is 36.3 Å². The molecule has 0 spiro atoms. The fourth-order valence-electron chi connectivity index (χ4n) is 2.77. The number of piperidine rings is 1. The molecule has 2 aromatic heterocycles. The van der Waals surface area contributed by atoms with Gasteiger partial charge in [0.1, 0.15) is 5.65 Å². The summed E-state index contributed by atoms with van der Waals surface area (Å²) >= 11 is 0. The first-order valence-electron chi connectivity index (χ1n) is 6.70. The maximum absolute atomic E-state index is 11.5. The molecule has 5 nitrogen and oxygen atoms in total. The average Bonchev–Trinajstić information content (AvgIpc) is 2.81. The molecule has 0 saturated carbocycles. The lowest BCUT2D eigenvalue weighted by Gasteiger charge is -2.32. The van der Waals surface area contributed by atoms with Crippen LogP contribution in [0.4, 0.5) is 0 Å². The molecule has 2 aromatic rings. The van der Waals surface area contributed by atoms with Gasteiger partial charge in [-0.05, 0) is 31.5 Å². The highest BCUT2D eigenvalue weighted by Crippen LogP contribution is 2.19. The number of rotatable bonds is 3. The van der Waals surface area contributed by atoms with Gasteiger partial charge in [0, 0.05) is 18.9 Å². The molecule has 1 amide bonds. The van der Waals surface area contributed by atoms with Crippen molar-refractivity contribution in [2.24, 2.45) is 5.73 Å². The van der Waals surface area contributed by atoms with E-state index in [-0.39, 0.29) is 11.9 Å². The SMILES string of the molecule is NC(=O)C1CCCCN1Cc1cn2ccccc2n1. The van der Waals surface area contributed by atoms with E-state index >= 15 is 0 Å². The number of aromatic nitrogens is 2. The van der Waals surface area contributed by atoms with Gasteiger partial charge in [0.05, 0.1) is 11.7 Å². The molecular weight excluding hydrogens is 240 g/mol. The molecule has 0 radical (unpaired) electrons. The van der Waals surface area contributed by atoms with E-state index < -0.39 is 0 Å². The first-order valence-corrected chi connectivity index (χ1v) is 6.70. The van der Waals surface area contributed by atoms with Crippen LogP contribution in [0.5, 0.6) is 0 Å². The molecule has 3 rings (SSSR count). The summed E-state index contributed by atoms with van der Waals surface area (Å²) < 4.78 is 2.00. The number of fused-ring (bicyclic) bond motifs is 1. The first kappa shape index (κ1) is 12.2. The van der Waals surface area contributed by atoms with Crippen molar-refractivity contribution in [1.82, 2.24) is 14.3 Å². The summed E-state index contributed by atoms with van der Waals surface area (Å²) in [6.07, 6.45) is 7.06. The molecule has 1 fully saturated rings. The zero-order valence-electron chi connectivity index (χ0n) is 10.8. The molecule has 3 heterocycles. The van der Waals surface area contributed by atoms with E-state index in [0.29, 0.717) is 6.54 Å². The smallest absolute Gasteiger partial charge is 0.234 e. The van der Waals surface area contributed by atoms with Gasteiger partial charge >= 0.3 is 0 Å². The van der Waals surface area contributed by atoms with Gasteiger partial charge in [-0.25, -0.2) is 4.98 Å². The minimum atomic E-state index is -0.219. The Morgan fingerprint density at radius 3 is 3.11 bits per heavy atom. The Labute approximate surface area is 112 Å². The normalized spacial score (nSPS) is 20.7. The second kappa shape index (κ2) is 5.01. The number of nitrogens with two attached hydrogens (primary N) is 1. The quantitative estimate of drug-likeness (QED) is 0.899. The largest absolute Gasteiger partial charge is 0.368 e. The van der Waals surface area contributed by atoms with Crippen molar-refractivity contribution >= 4 is 11.6 Å². The maximum atomic E-state index is 11.5. The van der Waals surface area contributed by atoms with Crippen molar-refractivity contribution in [2.75, 3.05) is 6.54 Å². The highest BCUT2D eigenvalue weighted by atomic mass is 16.1. The summed E-state index contributed by atoms with van der Waals surface area (Å²) in [5.74, 6) is -0.219. The molecule has 1 aliphatic rings. The molecule has 2 N–H and O–H groups in total. The molecule has 100 valence electrons. The second-order valence-electron chi connectivity index (χ2n) is 5.08. The van der Waals surface area contributed by atoms with Crippen LogP contribution in [0.2, 0.25) is 0 Å². The summed E-state index contributed by atoms with van der Waals surface area (Å²) in [6, 6.07) is 5.79. The lowest BCUT2D eigenvalue weighted by molar-refractivity contribution is -0.124. The number of likely N-dealkylation sites (tertiary alicyclic amines) is 1. The number of carbonyl (C=O) groups is 1. The minimum absolute atomic E-state index is 0.140. The first-order chi connectivity index (χ1) is 9.24. The van der Waals surface area contributed by atoms with Gasteiger partial charge in [-0.1, -0.05) is 12.5 Å². The van der Waals surface area contributed by atoms with Gasteiger partial charge in [0.15, 0.2) is 0 Å². The highest BCUT2D eigenvalue weighted by molar-refractivity contribution is 5.79. The Kier molecular flexibility index (Phi) is 3.21. The van der Waals surface area contributed by atoms with E-state index in [1.165, 1.54) is 0 Å². The Hall–Kier alpha value is -1.88. The summed E-state index contributed by atoms with van der Waals surface area (Å²) in [6.45, 7) is 1.61. The number of pyridine rings is 1. The Morgan fingerprint density at radius 2 is 2.32 bits per heavy atom. The standard InChI is InChI=1S/C14H18N4O/c15-14(19)12-5-1-3-7-17(12)9-11-10-18-8-4-2-6-13(18)16-11/h2,4,6,8,10,12H,1,3,5,7,9H2,(H2,15,19). The van der Waals surface area contributed by atoms with Crippen molar-refractivity contribution in [3.8, 4) is 0 Å². The van der Waals surface area contributed by atoms with E-state index in [1.54, 1.807) is 0 Å². The number of amides is 1. The number of carbonyl (C=O) groups excluding carboxylic acids is 1. The van der Waals surface area contributed by atoms with Gasteiger partial charge in [-0.15, -0.1) is 0 Å². The van der Waals surface area contributed by atoms with Crippen molar-refractivity contribution in [1.29, 1.82) is 0 Å². The number of hydrogen-bond acceptors (Lipinski definition) is 3. The summed E-state index contributed by atoms with van der Waals surface area (Å²) in [5.41, 5.74) is 7.40. The fraction of sp³-hybridized carbons (Fsp3) is 0.429. The molecule has 1 unspecified atom stereocenters. The fourth-order valence-corrected chi connectivity index (χ4v) is 2.77. The summed E-state index contributed by atoms with van der Waals surface area (Å²) in [5, 5.41) is 0. The van der Waals surface area contributed by atoms with Gasteiger partial charge in [0.25, 0.3) is 0 Å². The van der Waals surface area contributed by atoms with Gasteiger partial charge < -0.3 is 10.1 Å². The van der Waals surface area contributed by atoms with Crippen LogP contribution in [0.1, 0.15) is 25.0 Å². The molecule has 1 aliphatic heterocycles. The van der Waals surface area contributed by atoms with E-state index in [4.69, 9.17) is 5.73 Å². The monoisotopic (exact) mass is 258 g/mol. The van der Waals surface area contributed by atoms with Crippen LogP contribution >= 0.6 is 0 Å². The molecule has 1 saturated heterocycles. The number of primary amides is 1. The molecule has 0 aromatic carbocycles. The predicted molar refractivity (Wildman–Crippen MR) is 72.4 cm³/mol. The molecule has 19 heavy (non-hydrogen) atoms. The van der Waals surface area contributed by atoms with E-state index in [9.17, 15) is 4.79 Å². The van der Waals surface area contributed by atoms with E-state index in [1.807, 2.05) is 35.0 Å². The number of nitrogens with zero attached hydrogens (tertiary/aromatic N) is 3. The molecule has 5 heteroatoms. The topological polar surface area (TPSA) is 63.6 Å². The Morgan fingerprint density at radius 1 is 1.42 bits per heavy atom. The highest BCUT2D eigenvalue weighted by Gasteiger charge is 2.27. The Bertz CT molecular complexity index is 559. The minimum Gasteiger partial charge on any atom is -0.368 e. The van der Waals surface area contributed by atoms with Crippen LogP contribution in [0.3, 0.4) is 0 Å². The number of imidazole rings is 1. The van der Waals surface area contributed by atoms with Crippen molar-refractivity contribution < 1.29 is 4.79 Å².